The molecule has 9 nitrogen and oxygen atoms in total. The van der Waals surface area contributed by atoms with E-state index in [0.29, 0.717) is 15.6 Å². The number of fused-ring (bicyclic) bond motifs is 1. The summed E-state index contributed by atoms with van der Waals surface area (Å²) in [4.78, 5) is 42.5. The molecule has 220 valence electrons. The van der Waals surface area contributed by atoms with Crippen LogP contribution in [0.4, 0.5) is 0 Å². The van der Waals surface area contributed by atoms with Crippen molar-refractivity contribution >= 4 is 27.7 Å². The van der Waals surface area contributed by atoms with E-state index in [1.807, 2.05) is 36.4 Å². The Kier molecular flexibility index (Phi) is 8.91. The highest BCUT2D eigenvalue weighted by molar-refractivity contribution is 7.90. The largest absolute Gasteiger partial charge is 0.497 e. The number of hydrogen-bond acceptors (Lipinski definition) is 6. The van der Waals surface area contributed by atoms with Crippen LogP contribution in [0.15, 0.2) is 83.8 Å². The molecular formula is C32H35N3O6S. The lowest BCUT2D eigenvalue weighted by Gasteiger charge is -2.34. The normalized spacial score (nSPS) is 16.9. The molecule has 1 heterocycles. The summed E-state index contributed by atoms with van der Waals surface area (Å²) in [5.74, 6) is -1.13. The van der Waals surface area contributed by atoms with Crippen molar-refractivity contribution in [2.75, 3.05) is 13.7 Å². The summed E-state index contributed by atoms with van der Waals surface area (Å²) in [6.45, 7) is -0.706. The van der Waals surface area contributed by atoms with Gasteiger partial charge in [-0.2, -0.15) is 0 Å². The molecule has 0 unspecified atom stereocenters. The maximum atomic E-state index is 14.1. The number of benzene rings is 3. The Morgan fingerprint density at radius 1 is 0.952 bits per heavy atom. The van der Waals surface area contributed by atoms with Crippen LogP contribution in [0.25, 0.3) is 0 Å². The standard InChI is InChI=1S/C32H35N3O6S/c1-41-26-16-10-13-24(19-26)21-34(30(36)22-35-32(38)27-17-8-9-18-29(27)42(35,39)40)28(20-23-11-4-2-5-12-23)31(37)33-25-14-6-3-7-15-25/h2,4-5,8-13,16-19,25,28H,3,6-7,14-15,20-22H2,1H3,(H,33,37)/t28-/m0/s1. The molecule has 3 amide bonds. The second-order valence-electron chi connectivity index (χ2n) is 10.7. The van der Waals surface area contributed by atoms with Crippen molar-refractivity contribution in [2.24, 2.45) is 0 Å². The summed E-state index contributed by atoms with van der Waals surface area (Å²) in [6.07, 6.45) is 5.13. The quantitative estimate of drug-likeness (QED) is 0.384. The van der Waals surface area contributed by atoms with Crippen molar-refractivity contribution in [1.29, 1.82) is 0 Å². The predicted molar refractivity (Wildman–Crippen MR) is 157 cm³/mol. The summed E-state index contributed by atoms with van der Waals surface area (Å²) in [5.41, 5.74) is 1.58. The minimum atomic E-state index is -4.22. The number of sulfonamides is 1. The first-order valence-corrected chi connectivity index (χ1v) is 15.6. The first-order chi connectivity index (χ1) is 20.3. The molecule has 1 atom stereocenters. The summed E-state index contributed by atoms with van der Waals surface area (Å²) >= 11 is 0. The van der Waals surface area contributed by atoms with Gasteiger partial charge in [0.05, 0.1) is 12.7 Å². The molecule has 5 rings (SSSR count). The Hall–Kier alpha value is -4.18. The van der Waals surface area contributed by atoms with Crippen molar-refractivity contribution < 1.29 is 27.5 Å². The smallest absolute Gasteiger partial charge is 0.269 e. The Labute approximate surface area is 246 Å². The molecule has 1 saturated carbocycles. The third-order valence-electron chi connectivity index (χ3n) is 7.90. The van der Waals surface area contributed by atoms with Crippen molar-refractivity contribution in [1.82, 2.24) is 14.5 Å². The average Bonchev–Trinajstić information content (AvgIpc) is 3.20. The van der Waals surface area contributed by atoms with Crippen LogP contribution in [-0.4, -0.2) is 61.1 Å². The zero-order chi connectivity index (χ0) is 29.7. The van der Waals surface area contributed by atoms with Crippen LogP contribution in [0, 0.1) is 0 Å². The van der Waals surface area contributed by atoms with Crippen molar-refractivity contribution in [2.45, 2.75) is 62.0 Å². The number of rotatable bonds is 10. The van der Waals surface area contributed by atoms with E-state index in [9.17, 15) is 22.8 Å². The van der Waals surface area contributed by atoms with E-state index in [1.54, 1.807) is 31.4 Å². The fraction of sp³-hybridized carbons (Fsp3) is 0.344. The van der Waals surface area contributed by atoms with E-state index in [2.05, 4.69) is 5.32 Å². The zero-order valence-corrected chi connectivity index (χ0v) is 24.4. The van der Waals surface area contributed by atoms with Crippen LogP contribution >= 0.6 is 0 Å². The molecule has 3 aromatic carbocycles. The van der Waals surface area contributed by atoms with Gasteiger partial charge in [0.1, 0.15) is 23.2 Å². The molecular weight excluding hydrogens is 554 g/mol. The van der Waals surface area contributed by atoms with E-state index in [4.69, 9.17) is 4.74 Å². The topological polar surface area (TPSA) is 113 Å². The van der Waals surface area contributed by atoms with Gasteiger partial charge in [0.2, 0.25) is 11.8 Å². The van der Waals surface area contributed by atoms with Gasteiger partial charge in [-0.15, -0.1) is 0 Å². The summed E-state index contributed by atoms with van der Waals surface area (Å²) < 4.78 is 32.6. The Morgan fingerprint density at radius 2 is 1.64 bits per heavy atom. The highest BCUT2D eigenvalue weighted by Crippen LogP contribution is 2.30. The van der Waals surface area contributed by atoms with Crippen molar-refractivity contribution in [3.63, 3.8) is 0 Å². The van der Waals surface area contributed by atoms with E-state index < -0.39 is 34.4 Å². The monoisotopic (exact) mass is 589 g/mol. The summed E-state index contributed by atoms with van der Waals surface area (Å²) in [5, 5.41) is 3.16. The first kappa shape index (κ1) is 29.3. The molecule has 0 bridgehead atoms. The average molecular weight is 590 g/mol. The van der Waals surface area contributed by atoms with Gasteiger partial charge in [-0.25, -0.2) is 12.7 Å². The maximum absolute atomic E-state index is 14.1. The zero-order valence-electron chi connectivity index (χ0n) is 23.6. The number of carbonyl (C=O) groups excluding carboxylic acids is 3. The molecule has 3 aromatic rings. The second-order valence-corrected chi connectivity index (χ2v) is 12.6. The van der Waals surface area contributed by atoms with Gasteiger partial charge in [-0.1, -0.05) is 73.9 Å². The number of carbonyl (C=O) groups is 3. The van der Waals surface area contributed by atoms with Gasteiger partial charge >= 0.3 is 0 Å². The number of amides is 3. The predicted octanol–water partition coefficient (Wildman–Crippen LogP) is 3.93. The maximum Gasteiger partial charge on any atom is 0.269 e. The van der Waals surface area contributed by atoms with E-state index >= 15 is 0 Å². The lowest BCUT2D eigenvalue weighted by molar-refractivity contribution is -0.141. The number of ether oxygens (including phenoxy) is 1. The van der Waals surface area contributed by atoms with E-state index in [-0.39, 0.29) is 35.4 Å². The molecule has 1 N–H and O–H groups in total. The van der Waals surface area contributed by atoms with Gasteiger partial charge in [0, 0.05) is 19.0 Å². The number of nitrogens with one attached hydrogen (secondary N) is 1. The molecule has 10 heteroatoms. The summed E-state index contributed by atoms with van der Waals surface area (Å²) in [7, 11) is -2.68. The molecule has 0 saturated heterocycles. The van der Waals surface area contributed by atoms with Gasteiger partial charge in [0.15, 0.2) is 0 Å². The third kappa shape index (κ3) is 6.33. The Bertz CT molecular complexity index is 1550. The second kappa shape index (κ2) is 12.8. The summed E-state index contributed by atoms with van der Waals surface area (Å²) in [6, 6.07) is 21.5. The van der Waals surface area contributed by atoms with Crippen LogP contribution in [0.2, 0.25) is 0 Å². The first-order valence-electron chi connectivity index (χ1n) is 14.2. The van der Waals surface area contributed by atoms with E-state index in [1.165, 1.54) is 23.1 Å². The molecule has 0 aromatic heterocycles. The lowest BCUT2D eigenvalue weighted by Crippen LogP contribution is -2.55. The minimum absolute atomic E-state index is 0.00771. The SMILES string of the molecule is COc1cccc(CN(C(=O)CN2C(=O)c3ccccc3S2(=O)=O)[C@@H](Cc2ccccc2)C(=O)NC2CCCCC2)c1. The number of methoxy groups -OCH3 is 1. The Morgan fingerprint density at radius 3 is 2.36 bits per heavy atom. The van der Waals surface area contributed by atoms with E-state index in [0.717, 1.165) is 37.7 Å². The van der Waals surface area contributed by atoms with Crippen LogP contribution in [-0.2, 0) is 32.6 Å². The lowest BCUT2D eigenvalue weighted by atomic mass is 9.94. The fourth-order valence-corrected chi connectivity index (χ4v) is 7.18. The van der Waals surface area contributed by atoms with Crippen LogP contribution in [0.3, 0.4) is 0 Å². The molecule has 42 heavy (non-hydrogen) atoms. The molecule has 2 aliphatic rings. The third-order valence-corrected chi connectivity index (χ3v) is 9.69. The highest BCUT2D eigenvalue weighted by atomic mass is 32.2. The van der Waals surface area contributed by atoms with Gasteiger partial charge in [-0.05, 0) is 48.2 Å². The Balaban J connectivity index is 1.50. The number of hydrogen-bond donors (Lipinski definition) is 1. The molecule has 1 fully saturated rings. The number of nitrogens with zero attached hydrogens (tertiary/aromatic N) is 2. The van der Waals surface area contributed by atoms with Crippen LogP contribution in [0.1, 0.15) is 53.6 Å². The van der Waals surface area contributed by atoms with Crippen LogP contribution in [0.5, 0.6) is 5.75 Å². The fourth-order valence-electron chi connectivity index (χ4n) is 5.67. The van der Waals surface area contributed by atoms with Gasteiger partial charge in [-0.3, -0.25) is 14.4 Å². The van der Waals surface area contributed by atoms with Gasteiger partial charge in [0.25, 0.3) is 15.9 Å². The van der Waals surface area contributed by atoms with Crippen molar-refractivity contribution in [3.8, 4) is 5.75 Å². The minimum Gasteiger partial charge on any atom is -0.497 e. The molecule has 1 aliphatic carbocycles. The van der Waals surface area contributed by atoms with Gasteiger partial charge < -0.3 is 15.0 Å². The molecule has 1 aliphatic heterocycles. The van der Waals surface area contributed by atoms with Crippen LogP contribution < -0.4 is 10.1 Å². The molecule has 0 spiro atoms. The molecule has 0 radical (unpaired) electrons. The van der Waals surface area contributed by atoms with Crippen molar-refractivity contribution in [3.05, 3.63) is 95.6 Å². The highest BCUT2D eigenvalue weighted by Gasteiger charge is 2.43.